The fourth-order valence-electron chi connectivity index (χ4n) is 4.17. The SMILES string of the molecule is Cc1cc(C)c(Cn2c(=O)cc(Cc3ccccc3)c3cc(F)ccc32)c(C)c1. The van der Waals surface area contributed by atoms with Crippen molar-refractivity contribution in [2.24, 2.45) is 0 Å². The van der Waals surface area contributed by atoms with Gasteiger partial charge < -0.3 is 4.57 Å². The van der Waals surface area contributed by atoms with Crippen LogP contribution in [-0.4, -0.2) is 4.57 Å². The second kappa shape index (κ2) is 7.67. The molecule has 0 aliphatic rings. The quantitative estimate of drug-likeness (QED) is 0.441. The highest BCUT2D eigenvalue weighted by Crippen LogP contribution is 2.24. The van der Waals surface area contributed by atoms with Crippen LogP contribution < -0.4 is 5.56 Å². The minimum absolute atomic E-state index is 0.0607. The zero-order valence-corrected chi connectivity index (χ0v) is 17.0. The molecule has 0 fully saturated rings. The van der Waals surface area contributed by atoms with E-state index in [-0.39, 0.29) is 11.4 Å². The normalized spacial score (nSPS) is 11.2. The maximum atomic E-state index is 14.1. The van der Waals surface area contributed by atoms with Crippen molar-refractivity contribution < 1.29 is 4.39 Å². The van der Waals surface area contributed by atoms with Gasteiger partial charge in [0.2, 0.25) is 0 Å². The van der Waals surface area contributed by atoms with Gasteiger partial charge in [0.25, 0.3) is 5.56 Å². The topological polar surface area (TPSA) is 22.0 Å². The Morgan fingerprint density at radius 2 is 1.55 bits per heavy atom. The molecule has 1 heterocycles. The Labute approximate surface area is 170 Å². The number of fused-ring (bicyclic) bond motifs is 1. The first-order valence-electron chi connectivity index (χ1n) is 9.85. The molecule has 0 spiro atoms. The second-order valence-corrected chi connectivity index (χ2v) is 7.80. The van der Waals surface area contributed by atoms with Gasteiger partial charge in [-0.15, -0.1) is 0 Å². The number of pyridine rings is 1. The first kappa shape index (κ1) is 19.1. The van der Waals surface area contributed by atoms with E-state index in [2.05, 4.69) is 32.9 Å². The summed E-state index contributed by atoms with van der Waals surface area (Å²) in [6.07, 6.45) is 0.597. The van der Waals surface area contributed by atoms with Gasteiger partial charge in [-0.3, -0.25) is 4.79 Å². The minimum Gasteiger partial charge on any atom is -0.304 e. The Balaban J connectivity index is 1.87. The third-order valence-corrected chi connectivity index (χ3v) is 5.55. The van der Waals surface area contributed by atoms with Crippen LogP contribution in [0.2, 0.25) is 0 Å². The second-order valence-electron chi connectivity index (χ2n) is 7.80. The van der Waals surface area contributed by atoms with E-state index in [4.69, 9.17) is 0 Å². The first-order valence-corrected chi connectivity index (χ1v) is 9.85. The Kier molecular flexibility index (Phi) is 5.06. The molecule has 0 saturated carbocycles. The maximum absolute atomic E-state index is 14.1. The fourth-order valence-corrected chi connectivity index (χ4v) is 4.17. The van der Waals surface area contributed by atoms with Gasteiger partial charge in [0.1, 0.15) is 5.82 Å². The van der Waals surface area contributed by atoms with Crippen molar-refractivity contribution in [3.05, 3.63) is 116 Å². The van der Waals surface area contributed by atoms with Crippen molar-refractivity contribution in [2.45, 2.75) is 33.7 Å². The number of rotatable bonds is 4. The lowest BCUT2D eigenvalue weighted by Gasteiger charge is -2.17. The molecule has 3 aromatic carbocycles. The third kappa shape index (κ3) is 3.86. The molecule has 2 nitrogen and oxygen atoms in total. The summed E-state index contributed by atoms with van der Waals surface area (Å²) in [6.45, 7) is 6.70. The molecule has 1 aromatic heterocycles. The molecular weight excluding hydrogens is 361 g/mol. The molecule has 4 aromatic rings. The van der Waals surface area contributed by atoms with Crippen molar-refractivity contribution in [2.75, 3.05) is 0 Å². The molecule has 3 heteroatoms. The predicted molar refractivity (Wildman–Crippen MR) is 117 cm³/mol. The van der Waals surface area contributed by atoms with Gasteiger partial charge in [-0.2, -0.15) is 0 Å². The lowest BCUT2D eigenvalue weighted by atomic mass is 9.98. The Morgan fingerprint density at radius 3 is 2.24 bits per heavy atom. The lowest BCUT2D eigenvalue weighted by molar-refractivity contribution is 0.629. The minimum atomic E-state index is -0.292. The van der Waals surface area contributed by atoms with Crippen LogP contribution in [0.5, 0.6) is 0 Å². The molecule has 4 rings (SSSR count). The van der Waals surface area contributed by atoms with Gasteiger partial charge >= 0.3 is 0 Å². The Hall–Kier alpha value is -3.20. The van der Waals surface area contributed by atoms with Crippen LogP contribution in [0.1, 0.15) is 33.4 Å². The number of hydrogen-bond acceptors (Lipinski definition) is 1. The Morgan fingerprint density at radius 1 is 0.862 bits per heavy atom. The summed E-state index contributed by atoms with van der Waals surface area (Å²) in [4.78, 5) is 13.1. The summed E-state index contributed by atoms with van der Waals surface area (Å²) in [5.41, 5.74) is 7.33. The van der Waals surface area contributed by atoms with Crippen molar-refractivity contribution >= 4 is 10.9 Å². The van der Waals surface area contributed by atoms with Crippen LogP contribution in [0.4, 0.5) is 4.39 Å². The van der Waals surface area contributed by atoms with Crippen LogP contribution in [0.25, 0.3) is 10.9 Å². The molecule has 0 unspecified atom stereocenters. The number of nitrogens with zero attached hydrogens (tertiary/aromatic N) is 1. The van der Waals surface area contributed by atoms with E-state index in [9.17, 15) is 9.18 Å². The zero-order chi connectivity index (χ0) is 20.5. The molecule has 146 valence electrons. The van der Waals surface area contributed by atoms with E-state index in [0.29, 0.717) is 13.0 Å². The van der Waals surface area contributed by atoms with Crippen LogP contribution in [0.3, 0.4) is 0 Å². The summed E-state index contributed by atoms with van der Waals surface area (Å²) < 4.78 is 15.9. The Bertz CT molecular complexity index is 1230. The predicted octanol–water partition coefficient (Wildman–Crippen LogP) is 5.70. The highest BCUT2D eigenvalue weighted by Gasteiger charge is 2.13. The molecule has 0 saturated heterocycles. The van der Waals surface area contributed by atoms with E-state index in [0.717, 1.165) is 38.7 Å². The van der Waals surface area contributed by atoms with E-state index in [1.54, 1.807) is 22.8 Å². The molecule has 29 heavy (non-hydrogen) atoms. The van der Waals surface area contributed by atoms with Crippen molar-refractivity contribution in [3.8, 4) is 0 Å². The largest absolute Gasteiger partial charge is 0.304 e. The van der Waals surface area contributed by atoms with Crippen LogP contribution >= 0.6 is 0 Å². The highest BCUT2D eigenvalue weighted by molar-refractivity contribution is 5.83. The molecule has 0 bridgehead atoms. The molecule has 0 N–H and O–H groups in total. The van der Waals surface area contributed by atoms with Gasteiger partial charge in [0.05, 0.1) is 12.1 Å². The van der Waals surface area contributed by atoms with Gasteiger partial charge in [0, 0.05) is 11.5 Å². The van der Waals surface area contributed by atoms with Crippen molar-refractivity contribution in [1.82, 2.24) is 4.57 Å². The van der Waals surface area contributed by atoms with Gasteiger partial charge in [-0.1, -0.05) is 48.0 Å². The average Bonchev–Trinajstić information content (AvgIpc) is 2.67. The van der Waals surface area contributed by atoms with Crippen LogP contribution in [0.15, 0.2) is 71.5 Å². The standard InChI is InChI=1S/C26H24FNO/c1-17-11-18(2)24(19(3)12-17)16-28-25-10-9-22(27)15-23(25)21(14-26(28)29)13-20-7-5-4-6-8-20/h4-12,14-15H,13,16H2,1-3H3. The van der Waals surface area contributed by atoms with E-state index in [1.807, 2.05) is 30.3 Å². The average molecular weight is 385 g/mol. The summed E-state index contributed by atoms with van der Waals surface area (Å²) in [5.74, 6) is -0.292. The highest BCUT2D eigenvalue weighted by atomic mass is 19.1. The van der Waals surface area contributed by atoms with E-state index in [1.165, 1.54) is 11.6 Å². The number of halogens is 1. The number of hydrogen-bond donors (Lipinski definition) is 0. The van der Waals surface area contributed by atoms with Crippen molar-refractivity contribution in [3.63, 3.8) is 0 Å². The summed E-state index contributed by atoms with van der Waals surface area (Å²) in [5, 5.41) is 0.788. The van der Waals surface area contributed by atoms with Crippen LogP contribution in [0, 0.1) is 26.6 Å². The molecule has 0 amide bonds. The van der Waals surface area contributed by atoms with Gasteiger partial charge in [0.15, 0.2) is 0 Å². The van der Waals surface area contributed by atoms with Crippen LogP contribution in [-0.2, 0) is 13.0 Å². The molecule has 0 aliphatic heterocycles. The van der Waals surface area contributed by atoms with Gasteiger partial charge in [-0.25, -0.2) is 4.39 Å². The summed E-state index contributed by atoms with van der Waals surface area (Å²) >= 11 is 0. The smallest absolute Gasteiger partial charge is 0.251 e. The van der Waals surface area contributed by atoms with E-state index >= 15 is 0 Å². The third-order valence-electron chi connectivity index (χ3n) is 5.55. The lowest BCUT2D eigenvalue weighted by Crippen LogP contribution is -2.22. The van der Waals surface area contributed by atoms with Gasteiger partial charge in [-0.05, 0) is 73.2 Å². The summed E-state index contributed by atoms with van der Waals surface area (Å²) in [6, 6.07) is 20.6. The number of aromatic nitrogens is 1. The molecular formula is C26H24FNO. The first-order chi connectivity index (χ1) is 13.9. The zero-order valence-electron chi connectivity index (χ0n) is 17.0. The molecule has 0 aliphatic carbocycles. The summed E-state index contributed by atoms with van der Waals surface area (Å²) in [7, 11) is 0. The maximum Gasteiger partial charge on any atom is 0.251 e. The molecule has 0 radical (unpaired) electrons. The van der Waals surface area contributed by atoms with Crippen molar-refractivity contribution in [1.29, 1.82) is 0 Å². The fraction of sp³-hybridized carbons (Fsp3) is 0.192. The molecule has 0 atom stereocenters. The number of benzene rings is 3. The monoisotopic (exact) mass is 385 g/mol. The van der Waals surface area contributed by atoms with E-state index < -0.39 is 0 Å². The number of aryl methyl sites for hydroxylation is 3.